The van der Waals surface area contributed by atoms with Gasteiger partial charge in [0.2, 0.25) is 11.8 Å². The lowest BCUT2D eigenvalue weighted by Crippen LogP contribution is -2.29. The van der Waals surface area contributed by atoms with Gasteiger partial charge in [-0.15, -0.1) is 0 Å². The molecule has 0 atom stereocenters. The average molecular weight is 373 g/mol. The number of carbonyl (C=O) groups is 2. The number of nitrogens with one attached hydrogen (secondary N) is 2. The molecule has 0 aliphatic carbocycles. The van der Waals surface area contributed by atoms with Crippen molar-refractivity contribution in [2.45, 2.75) is 25.7 Å². The van der Waals surface area contributed by atoms with Crippen LogP contribution in [0.1, 0.15) is 25.7 Å². The molecule has 0 bridgehead atoms. The summed E-state index contributed by atoms with van der Waals surface area (Å²) in [4.78, 5) is 26.2. The lowest BCUT2D eigenvalue weighted by atomic mass is 10.1. The smallest absolute Gasteiger partial charge is 0.233 e. The topological polar surface area (TPSA) is 61.4 Å². The van der Waals surface area contributed by atoms with Crippen LogP contribution in [-0.2, 0) is 9.59 Å². The van der Waals surface area contributed by atoms with E-state index >= 15 is 0 Å². The Morgan fingerprint density at radius 3 is 2.07 bits per heavy atom. The van der Waals surface area contributed by atoms with Gasteiger partial charge in [-0.1, -0.05) is 6.07 Å². The molecule has 0 unspecified atom stereocenters. The highest BCUT2D eigenvalue weighted by Gasteiger charge is 2.15. The molecule has 1 fully saturated rings. The summed E-state index contributed by atoms with van der Waals surface area (Å²) in [6, 6.07) is 10.7. The Kier molecular flexibility index (Phi) is 6.01. The van der Waals surface area contributed by atoms with Gasteiger partial charge in [0.05, 0.1) is 0 Å². The lowest BCUT2D eigenvalue weighted by molar-refractivity contribution is -0.123. The molecule has 7 heteroatoms. The predicted molar refractivity (Wildman–Crippen MR) is 101 cm³/mol. The van der Waals surface area contributed by atoms with Crippen molar-refractivity contribution in [1.29, 1.82) is 0 Å². The highest BCUT2D eigenvalue weighted by Crippen LogP contribution is 2.22. The third-order valence-corrected chi connectivity index (χ3v) is 4.42. The van der Waals surface area contributed by atoms with Crippen LogP contribution in [0.2, 0.25) is 0 Å². The summed E-state index contributed by atoms with van der Waals surface area (Å²) in [7, 11) is 0. The number of hydrogen-bond donors (Lipinski definition) is 2. The second-order valence-electron chi connectivity index (χ2n) is 6.46. The van der Waals surface area contributed by atoms with Crippen LogP contribution in [0.25, 0.3) is 0 Å². The zero-order chi connectivity index (χ0) is 19.2. The Labute approximate surface area is 156 Å². The molecule has 0 saturated carbocycles. The van der Waals surface area contributed by atoms with Crippen LogP contribution < -0.4 is 15.5 Å². The maximum atomic E-state index is 13.5. The molecule has 2 amide bonds. The average Bonchev–Trinajstić information content (AvgIpc) is 2.66. The van der Waals surface area contributed by atoms with Gasteiger partial charge in [0.1, 0.15) is 23.7 Å². The summed E-state index contributed by atoms with van der Waals surface area (Å²) in [5, 5.41) is 4.70. The Bertz CT molecular complexity index is 798. The van der Waals surface area contributed by atoms with E-state index in [9.17, 15) is 18.4 Å². The molecule has 142 valence electrons. The second-order valence-corrected chi connectivity index (χ2v) is 6.46. The number of anilines is 3. The van der Waals surface area contributed by atoms with Crippen LogP contribution in [0, 0.1) is 11.6 Å². The molecule has 0 aromatic heterocycles. The maximum absolute atomic E-state index is 13.5. The SMILES string of the molecule is O=C(CC(=O)Nc1c(F)cccc1F)Nc1ccc(N2CCCCC2)cc1. The second kappa shape index (κ2) is 8.62. The van der Waals surface area contributed by atoms with Crippen molar-refractivity contribution in [2.75, 3.05) is 28.6 Å². The molecule has 3 rings (SSSR count). The number of rotatable bonds is 5. The summed E-state index contributed by atoms with van der Waals surface area (Å²) in [6.45, 7) is 2.05. The minimum atomic E-state index is -0.892. The molecule has 2 N–H and O–H groups in total. The van der Waals surface area contributed by atoms with Crippen LogP contribution in [-0.4, -0.2) is 24.9 Å². The number of para-hydroxylation sites is 1. The van der Waals surface area contributed by atoms with Gasteiger partial charge >= 0.3 is 0 Å². The summed E-state index contributed by atoms with van der Waals surface area (Å²) >= 11 is 0. The van der Waals surface area contributed by atoms with Gasteiger partial charge < -0.3 is 15.5 Å². The summed E-state index contributed by atoms with van der Waals surface area (Å²) < 4.78 is 27.1. The van der Waals surface area contributed by atoms with Gasteiger partial charge in [-0.25, -0.2) is 8.78 Å². The molecule has 2 aromatic carbocycles. The van der Waals surface area contributed by atoms with E-state index in [0.717, 1.165) is 30.9 Å². The first-order chi connectivity index (χ1) is 13.0. The van der Waals surface area contributed by atoms with E-state index in [1.807, 2.05) is 12.1 Å². The minimum absolute atomic E-state index is 0.540. The number of halogens is 2. The van der Waals surface area contributed by atoms with E-state index < -0.39 is 35.6 Å². The van der Waals surface area contributed by atoms with E-state index in [1.165, 1.54) is 25.3 Å². The van der Waals surface area contributed by atoms with Crippen LogP contribution >= 0.6 is 0 Å². The summed E-state index contributed by atoms with van der Waals surface area (Å²) in [5.74, 6) is -3.13. The van der Waals surface area contributed by atoms with E-state index in [4.69, 9.17) is 0 Å². The van der Waals surface area contributed by atoms with E-state index in [-0.39, 0.29) is 0 Å². The number of carbonyl (C=O) groups excluding carboxylic acids is 2. The van der Waals surface area contributed by atoms with Gasteiger partial charge in [-0.3, -0.25) is 9.59 Å². The first-order valence-corrected chi connectivity index (χ1v) is 8.91. The number of nitrogens with zero attached hydrogens (tertiary/aromatic N) is 1. The van der Waals surface area contributed by atoms with Crippen molar-refractivity contribution >= 4 is 28.9 Å². The number of amides is 2. The minimum Gasteiger partial charge on any atom is -0.372 e. The number of benzene rings is 2. The fourth-order valence-electron chi connectivity index (χ4n) is 3.06. The number of hydrogen-bond acceptors (Lipinski definition) is 3. The lowest BCUT2D eigenvalue weighted by Gasteiger charge is -2.28. The molecular weight excluding hydrogens is 352 g/mol. The maximum Gasteiger partial charge on any atom is 0.233 e. The number of piperidine rings is 1. The van der Waals surface area contributed by atoms with Crippen molar-refractivity contribution in [3.63, 3.8) is 0 Å². The molecule has 1 saturated heterocycles. The van der Waals surface area contributed by atoms with Gasteiger partial charge in [-0.2, -0.15) is 0 Å². The standard InChI is InChI=1S/C20H21F2N3O2/c21-16-5-4-6-17(22)20(16)24-19(27)13-18(26)23-14-7-9-15(10-8-14)25-11-2-1-3-12-25/h4-10H,1-3,11-13H2,(H,23,26)(H,24,27). The van der Waals surface area contributed by atoms with Crippen LogP contribution in [0.5, 0.6) is 0 Å². The fourth-order valence-corrected chi connectivity index (χ4v) is 3.06. The molecule has 1 heterocycles. The van der Waals surface area contributed by atoms with E-state index in [2.05, 4.69) is 15.5 Å². The van der Waals surface area contributed by atoms with E-state index in [0.29, 0.717) is 5.69 Å². The van der Waals surface area contributed by atoms with Crippen molar-refractivity contribution in [2.24, 2.45) is 0 Å². The third kappa shape index (κ3) is 5.03. The van der Waals surface area contributed by atoms with Crippen molar-refractivity contribution in [1.82, 2.24) is 0 Å². The molecule has 0 radical (unpaired) electrons. The van der Waals surface area contributed by atoms with Crippen molar-refractivity contribution in [3.8, 4) is 0 Å². The Balaban J connectivity index is 1.53. The van der Waals surface area contributed by atoms with Crippen LogP contribution in [0.15, 0.2) is 42.5 Å². The Morgan fingerprint density at radius 1 is 0.852 bits per heavy atom. The van der Waals surface area contributed by atoms with Crippen LogP contribution in [0.3, 0.4) is 0 Å². The normalized spacial score (nSPS) is 13.9. The van der Waals surface area contributed by atoms with Gasteiger partial charge in [0, 0.05) is 24.5 Å². The molecule has 27 heavy (non-hydrogen) atoms. The van der Waals surface area contributed by atoms with E-state index in [1.54, 1.807) is 12.1 Å². The summed E-state index contributed by atoms with van der Waals surface area (Å²) in [5.41, 5.74) is 1.10. The quantitative estimate of drug-likeness (QED) is 0.781. The Morgan fingerprint density at radius 2 is 1.44 bits per heavy atom. The van der Waals surface area contributed by atoms with Gasteiger partial charge in [-0.05, 0) is 55.7 Å². The first kappa shape index (κ1) is 18.8. The van der Waals surface area contributed by atoms with Gasteiger partial charge in [0.25, 0.3) is 0 Å². The third-order valence-electron chi connectivity index (χ3n) is 4.42. The summed E-state index contributed by atoms with van der Waals surface area (Å²) in [6.07, 6.45) is 3.07. The predicted octanol–water partition coefficient (Wildman–Crippen LogP) is 3.92. The van der Waals surface area contributed by atoms with Crippen LogP contribution in [0.4, 0.5) is 25.8 Å². The molecule has 1 aliphatic rings. The van der Waals surface area contributed by atoms with Crippen molar-refractivity contribution < 1.29 is 18.4 Å². The molecular formula is C20H21F2N3O2. The molecule has 2 aromatic rings. The highest BCUT2D eigenvalue weighted by atomic mass is 19.1. The molecule has 5 nitrogen and oxygen atoms in total. The zero-order valence-corrected chi connectivity index (χ0v) is 14.8. The van der Waals surface area contributed by atoms with Gasteiger partial charge in [0.15, 0.2) is 0 Å². The Hall–Kier alpha value is -2.96. The fraction of sp³-hybridized carbons (Fsp3) is 0.300. The monoisotopic (exact) mass is 373 g/mol. The zero-order valence-electron chi connectivity index (χ0n) is 14.8. The molecule has 0 spiro atoms. The first-order valence-electron chi connectivity index (χ1n) is 8.91. The largest absolute Gasteiger partial charge is 0.372 e. The highest BCUT2D eigenvalue weighted by molar-refractivity contribution is 6.08. The van der Waals surface area contributed by atoms with Crippen molar-refractivity contribution in [3.05, 3.63) is 54.1 Å². The molecule has 1 aliphatic heterocycles.